The minimum Gasteiger partial charge on any atom is -0.280 e. The third kappa shape index (κ3) is 3.08. The van der Waals surface area contributed by atoms with E-state index in [1.807, 2.05) is 4.72 Å². The van der Waals surface area contributed by atoms with Gasteiger partial charge < -0.3 is 0 Å². The fourth-order valence-corrected chi connectivity index (χ4v) is 1.78. The number of nitrogens with zero attached hydrogens (tertiary/aromatic N) is 1. The zero-order valence-corrected chi connectivity index (χ0v) is 8.94. The van der Waals surface area contributed by atoms with Crippen LogP contribution in [0.2, 0.25) is 5.02 Å². The number of hydrogen-bond acceptors (Lipinski definition) is 3. The minimum atomic E-state index is -3.83. The Morgan fingerprint density at radius 2 is 2.20 bits per heavy atom. The average Bonchev–Trinajstić information content (AvgIpc) is 2.12. The third-order valence-electron chi connectivity index (χ3n) is 1.47. The molecule has 1 rings (SSSR count). The van der Waals surface area contributed by atoms with E-state index in [-0.39, 0.29) is 10.7 Å². The second-order valence-electron chi connectivity index (χ2n) is 2.62. The van der Waals surface area contributed by atoms with Crippen molar-refractivity contribution in [2.75, 3.05) is 10.5 Å². The molecule has 0 spiro atoms. The minimum absolute atomic E-state index is 0.188. The zero-order chi connectivity index (χ0) is 11.5. The Hall–Kier alpha value is -1.32. The summed E-state index contributed by atoms with van der Waals surface area (Å²) >= 11 is 5.44. The molecule has 0 aliphatic heterocycles. The predicted octanol–water partition coefficient (Wildman–Crippen LogP) is 1.74. The molecule has 0 aliphatic rings. The van der Waals surface area contributed by atoms with Crippen LogP contribution in [-0.2, 0) is 10.0 Å². The van der Waals surface area contributed by atoms with Crippen LogP contribution in [0.5, 0.6) is 0 Å². The second kappa shape index (κ2) is 4.47. The molecule has 0 fully saturated rings. The molecule has 1 aromatic carbocycles. The summed E-state index contributed by atoms with van der Waals surface area (Å²) in [5.41, 5.74) is -0.266. The molecular formula is C8H6ClFN2O2S. The molecule has 0 aromatic heterocycles. The predicted molar refractivity (Wildman–Crippen MR) is 54.4 cm³/mol. The topological polar surface area (TPSA) is 70.0 Å². The number of nitriles is 1. The standard InChI is InChI=1S/C8H6ClFN2O2S/c9-6-2-1-3-7(8(6)10)12-15(13,14)5-4-11/h1-3,12H,5H2. The van der Waals surface area contributed by atoms with Crippen molar-refractivity contribution in [3.8, 4) is 6.07 Å². The van der Waals surface area contributed by atoms with Crippen molar-refractivity contribution in [1.82, 2.24) is 0 Å². The molecular weight excluding hydrogens is 243 g/mol. The summed E-state index contributed by atoms with van der Waals surface area (Å²) in [5, 5.41) is 8.03. The molecule has 80 valence electrons. The van der Waals surface area contributed by atoms with Crippen molar-refractivity contribution in [3.05, 3.63) is 29.0 Å². The van der Waals surface area contributed by atoms with Crippen LogP contribution in [0.4, 0.5) is 10.1 Å². The van der Waals surface area contributed by atoms with Crippen molar-refractivity contribution in [1.29, 1.82) is 5.26 Å². The molecule has 15 heavy (non-hydrogen) atoms. The number of sulfonamides is 1. The molecule has 0 atom stereocenters. The third-order valence-corrected chi connectivity index (χ3v) is 2.80. The lowest BCUT2D eigenvalue weighted by Gasteiger charge is -2.06. The van der Waals surface area contributed by atoms with E-state index >= 15 is 0 Å². The summed E-state index contributed by atoms with van der Waals surface area (Å²) in [6.45, 7) is 0. The first-order valence-corrected chi connectivity index (χ1v) is 5.81. The van der Waals surface area contributed by atoms with Crippen LogP contribution in [0.1, 0.15) is 0 Å². The van der Waals surface area contributed by atoms with Crippen LogP contribution in [-0.4, -0.2) is 14.2 Å². The van der Waals surface area contributed by atoms with E-state index in [4.69, 9.17) is 16.9 Å². The summed E-state index contributed by atoms with van der Waals surface area (Å²) < 4.78 is 37.4. The van der Waals surface area contributed by atoms with E-state index < -0.39 is 21.6 Å². The molecule has 7 heteroatoms. The van der Waals surface area contributed by atoms with E-state index in [1.165, 1.54) is 24.3 Å². The highest BCUT2D eigenvalue weighted by Gasteiger charge is 2.13. The quantitative estimate of drug-likeness (QED) is 0.886. The number of nitrogens with one attached hydrogen (secondary N) is 1. The Balaban J connectivity index is 3.02. The monoisotopic (exact) mass is 248 g/mol. The first-order chi connectivity index (χ1) is 6.96. The summed E-state index contributed by atoms with van der Waals surface area (Å²) in [5.74, 6) is -1.60. The number of rotatable bonds is 3. The van der Waals surface area contributed by atoms with Gasteiger partial charge in [-0.2, -0.15) is 5.26 Å². The van der Waals surface area contributed by atoms with Gasteiger partial charge in [0.15, 0.2) is 11.6 Å². The average molecular weight is 249 g/mol. The molecule has 1 N–H and O–H groups in total. The summed E-state index contributed by atoms with van der Waals surface area (Å²) in [7, 11) is -3.83. The Kier molecular flexibility index (Phi) is 3.50. The smallest absolute Gasteiger partial charge is 0.246 e. The van der Waals surface area contributed by atoms with Gasteiger partial charge in [-0.25, -0.2) is 12.8 Å². The Morgan fingerprint density at radius 3 is 2.80 bits per heavy atom. The van der Waals surface area contributed by atoms with Gasteiger partial charge in [0.05, 0.1) is 16.8 Å². The van der Waals surface area contributed by atoms with Gasteiger partial charge in [0.1, 0.15) is 0 Å². The van der Waals surface area contributed by atoms with Gasteiger partial charge in [-0.1, -0.05) is 17.7 Å². The Morgan fingerprint density at radius 1 is 1.53 bits per heavy atom. The first-order valence-electron chi connectivity index (χ1n) is 3.78. The van der Waals surface area contributed by atoms with Crippen LogP contribution in [0.3, 0.4) is 0 Å². The first kappa shape index (κ1) is 11.8. The van der Waals surface area contributed by atoms with Crippen LogP contribution >= 0.6 is 11.6 Å². The Bertz CT molecular complexity index is 510. The van der Waals surface area contributed by atoms with Crippen LogP contribution < -0.4 is 4.72 Å². The van der Waals surface area contributed by atoms with Gasteiger partial charge in [-0.3, -0.25) is 4.72 Å². The molecule has 0 saturated carbocycles. The van der Waals surface area contributed by atoms with E-state index in [0.717, 1.165) is 0 Å². The van der Waals surface area contributed by atoms with E-state index in [1.54, 1.807) is 0 Å². The normalized spacial score (nSPS) is 10.7. The Labute approximate surface area is 91.3 Å². The highest BCUT2D eigenvalue weighted by molar-refractivity contribution is 7.92. The van der Waals surface area contributed by atoms with Gasteiger partial charge in [0.2, 0.25) is 10.0 Å². The maximum Gasteiger partial charge on any atom is 0.246 e. The lowest BCUT2D eigenvalue weighted by molar-refractivity contribution is 0.601. The van der Waals surface area contributed by atoms with Crippen molar-refractivity contribution >= 4 is 27.3 Å². The molecule has 0 saturated heterocycles. The maximum absolute atomic E-state index is 13.2. The molecule has 0 bridgehead atoms. The number of benzene rings is 1. The highest BCUT2D eigenvalue weighted by atomic mass is 35.5. The lowest BCUT2D eigenvalue weighted by atomic mass is 10.3. The lowest BCUT2D eigenvalue weighted by Crippen LogP contribution is -2.16. The van der Waals surface area contributed by atoms with Crippen molar-refractivity contribution in [3.63, 3.8) is 0 Å². The number of halogens is 2. The molecule has 0 unspecified atom stereocenters. The SMILES string of the molecule is N#CCS(=O)(=O)Nc1cccc(Cl)c1F. The zero-order valence-electron chi connectivity index (χ0n) is 7.37. The van der Waals surface area contributed by atoms with Crippen LogP contribution in [0.15, 0.2) is 18.2 Å². The summed E-state index contributed by atoms with van der Waals surface area (Å²) in [6.07, 6.45) is 0. The molecule has 0 amide bonds. The van der Waals surface area contributed by atoms with Crippen molar-refractivity contribution in [2.45, 2.75) is 0 Å². The van der Waals surface area contributed by atoms with Crippen molar-refractivity contribution in [2.24, 2.45) is 0 Å². The molecule has 1 aromatic rings. The van der Waals surface area contributed by atoms with Crippen LogP contribution in [0, 0.1) is 17.1 Å². The van der Waals surface area contributed by atoms with Gasteiger partial charge in [-0.15, -0.1) is 0 Å². The molecule has 0 heterocycles. The fraction of sp³-hybridized carbons (Fsp3) is 0.125. The van der Waals surface area contributed by atoms with Gasteiger partial charge in [-0.05, 0) is 12.1 Å². The fourth-order valence-electron chi connectivity index (χ4n) is 0.871. The summed E-state index contributed by atoms with van der Waals surface area (Å²) in [4.78, 5) is 0. The largest absolute Gasteiger partial charge is 0.280 e. The van der Waals surface area contributed by atoms with Gasteiger partial charge >= 0.3 is 0 Å². The second-order valence-corrected chi connectivity index (χ2v) is 4.75. The molecule has 4 nitrogen and oxygen atoms in total. The number of anilines is 1. The highest BCUT2D eigenvalue weighted by Crippen LogP contribution is 2.22. The van der Waals surface area contributed by atoms with E-state index in [0.29, 0.717) is 0 Å². The molecule has 0 aliphatic carbocycles. The van der Waals surface area contributed by atoms with E-state index in [9.17, 15) is 12.8 Å². The maximum atomic E-state index is 13.2. The van der Waals surface area contributed by atoms with Crippen molar-refractivity contribution < 1.29 is 12.8 Å². The van der Waals surface area contributed by atoms with E-state index in [2.05, 4.69) is 0 Å². The number of hydrogen-bond donors (Lipinski definition) is 1. The van der Waals surface area contributed by atoms with Crippen LogP contribution in [0.25, 0.3) is 0 Å². The summed E-state index contributed by atoms with van der Waals surface area (Å²) in [6, 6.07) is 5.36. The van der Waals surface area contributed by atoms with Gasteiger partial charge in [0.25, 0.3) is 0 Å². The van der Waals surface area contributed by atoms with Gasteiger partial charge in [0, 0.05) is 0 Å². The molecule has 0 radical (unpaired) electrons.